The zero-order valence-electron chi connectivity index (χ0n) is 13.5. The summed E-state index contributed by atoms with van der Waals surface area (Å²) >= 11 is 5.37. The van der Waals surface area contributed by atoms with Gasteiger partial charge in [0.1, 0.15) is 0 Å². The van der Waals surface area contributed by atoms with E-state index in [1.165, 1.54) is 0 Å². The summed E-state index contributed by atoms with van der Waals surface area (Å²) in [6, 6.07) is 15.6. The molecule has 1 aliphatic carbocycles. The number of fused-ring (bicyclic) bond motifs is 2. The fourth-order valence-corrected chi connectivity index (χ4v) is 3.50. The largest absolute Gasteiger partial charge is 0.378 e. The summed E-state index contributed by atoms with van der Waals surface area (Å²) in [5, 5.41) is 6.95. The Morgan fingerprint density at radius 1 is 1.00 bits per heavy atom. The molecule has 1 heterocycles. The number of Topliss-reactive ketones (excluding diaryl/α,β-unsaturated/α-hetero) is 1. The van der Waals surface area contributed by atoms with Crippen molar-refractivity contribution in [2.45, 2.75) is 6.04 Å². The Morgan fingerprint density at radius 3 is 2.33 bits per heavy atom. The van der Waals surface area contributed by atoms with Crippen molar-refractivity contribution in [3.05, 3.63) is 70.8 Å². The number of hydrogen-bond donors (Lipinski definition) is 2. The van der Waals surface area contributed by atoms with Crippen LogP contribution in [0, 0.1) is 0 Å². The number of nitrogens with zero attached hydrogens (tertiary/aromatic N) is 1. The van der Waals surface area contributed by atoms with Crippen LogP contribution in [0.25, 0.3) is 5.70 Å². The van der Waals surface area contributed by atoms with Gasteiger partial charge in [-0.15, -0.1) is 0 Å². The third-order valence-corrected chi connectivity index (χ3v) is 4.72. The van der Waals surface area contributed by atoms with Crippen molar-refractivity contribution in [3.8, 4) is 0 Å². The fraction of sp³-hybridized carbons (Fsp3) is 0.158. The summed E-state index contributed by atoms with van der Waals surface area (Å²) in [5.41, 5.74) is 5.37. The topological polar surface area (TPSA) is 44.4 Å². The number of anilines is 1. The van der Waals surface area contributed by atoms with E-state index in [0.717, 1.165) is 33.6 Å². The zero-order valence-corrected chi connectivity index (χ0v) is 14.3. The van der Waals surface area contributed by atoms with Crippen molar-refractivity contribution in [3.63, 3.8) is 0 Å². The van der Waals surface area contributed by atoms with Gasteiger partial charge in [0.25, 0.3) is 0 Å². The molecule has 1 unspecified atom stereocenters. The Kier molecular flexibility index (Phi) is 3.39. The van der Waals surface area contributed by atoms with Gasteiger partial charge in [-0.2, -0.15) is 0 Å². The lowest BCUT2D eigenvalue weighted by Crippen LogP contribution is -2.43. The van der Waals surface area contributed by atoms with Gasteiger partial charge < -0.3 is 15.5 Å². The molecule has 2 aliphatic rings. The van der Waals surface area contributed by atoms with Crippen LogP contribution in [-0.4, -0.2) is 25.0 Å². The molecule has 2 aromatic carbocycles. The summed E-state index contributed by atoms with van der Waals surface area (Å²) in [6.07, 6.45) is 0. The average molecular weight is 335 g/mol. The minimum absolute atomic E-state index is 0.0600. The maximum Gasteiger partial charge on any atom is 0.194 e. The van der Waals surface area contributed by atoms with Crippen LogP contribution in [0.1, 0.15) is 27.5 Å². The Labute approximate surface area is 146 Å². The molecule has 0 fully saturated rings. The van der Waals surface area contributed by atoms with Gasteiger partial charge in [-0.1, -0.05) is 36.4 Å². The van der Waals surface area contributed by atoms with E-state index in [1.807, 2.05) is 55.4 Å². The molecule has 0 bridgehead atoms. The van der Waals surface area contributed by atoms with Gasteiger partial charge in [0, 0.05) is 30.9 Å². The third-order valence-electron chi connectivity index (χ3n) is 4.50. The van der Waals surface area contributed by atoms with E-state index in [1.54, 1.807) is 0 Å². The number of rotatable bonds is 2. The molecule has 1 aliphatic heterocycles. The fourth-order valence-electron chi connectivity index (χ4n) is 3.28. The van der Waals surface area contributed by atoms with E-state index in [2.05, 4.69) is 22.8 Å². The van der Waals surface area contributed by atoms with Crippen LogP contribution in [0.3, 0.4) is 0 Å². The second-order valence-electron chi connectivity index (χ2n) is 6.18. The van der Waals surface area contributed by atoms with Crippen LogP contribution >= 0.6 is 12.2 Å². The summed E-state index contributed by atoms with van der Waals surface area (Å²) in [6.45, 7) is 0. The SMILES string of the molecule is CN(C)c1ccc(C2NC(=S)NC3=C2C(=O)c2ccccc23)cc1. The molecule has 0 saturated carbocycles. The van der Waals surface area contributed by atoms with Gasteiger partial charge in [0.15, 0.2) is 10.9 Å². The highest BCUT2D eigenvalue weighted by molar-refractivity contribution is 7.80. The lowest BCUT2D eigenvalue weighted by molar-refractivity contribution is 0.103. The molecular formula is C19H17N3OS. The molecule has 0 saturated heterocycles. The first-order valence-electron chi connectivity index (χ1n) is 7.79. The molecule has 4 nitrogen and oxygen atoms in total. The monoisotopic (exact) mass is 335 g/mol. The number of hydrogen-bond acceptors (Lipinski definition) is 3. The lowest BCUT2D eigenvalue weighted by atomic mass is 9.94. The molecule has 24 heavy (non-hydrogen) atoms. The average Bonchev–Trinajstić information content (AvgIpc) is 2.87. The molecule has 0 aromatic heterocycles. The Hall–Kier alpha value is -2.66. The van der Waals surface area contributed by atoms with Gasteiger partial charge in [-0.05, 0) is 29.9 Å². The van der Waals surface area contributed by atoms with Gasteiger partial charge >= 0.3 is 0 Å². The number of carbonyl (C=O) groups is 1. The Bertz CT molecular complexity index is 884. The van der Waals surface area contributed by atoms with E-state index >= 15 is 0 Å². The first-order valence-corrected chi connectivity index (χ1v) is 8.20. The van der Waals surface area contributed by atoms with Crippen molar-refractivity contribution in [1.82, 2.24) is 10.6 Å². The van der Waals surface area contributed by atoms with E-state index in [0.29, 0.717) is 5.11 Å². The molecule has 4 rings (SSSR count). The van der Waals surface area contributed by atoms with Crippen LogP contribution in [-0.2, 0) is 0 Å². The predicted octanol–water partition coefficient (Wildman–Crippen LogP) is 2.88. The third kappa shape index (κ3) is 2.20. The van der Waals surface area contributed by atoms with Crippen molar-refractivity contribution < 1.29 is 4.79 Å². The van der Waals surface area contributed by atoms with Gasteiger partial charge in [-0.25, -0.2) is 0 Å². The predicted molar refractivity (Wildman–Crippen MR) is 100 cm³/mol. The van der Waals surface area contributed by atoms with Gasteiger partial charge in [0.05, 0.1) is 17.3 Å². The number of ketones is 1. The standard InChI is InChI=1S/C19H17N3OS/c1-22(2)12-9-7-11(8-10-12)16-15-17(21-19(24)20-16)13-5-3-4-6-14(13)18(15)23/h3-10,16H,1-2H3,(H2,20,21,24). The van der Waals surface area contributed by atoms with Crippen LogP contribution in [0.2, 0.25) is 0 Å². The van der Waals surface area contributed by atoms with E-state index in [-0.39, 0.29) is 11.8 Å². The Morgan fingerprint density at radius 2 is 1.67 bits per heavy atom. The van der Waals surface area contributed by atoms with Gasteiger partial charge in [-0.3, -0.25) is 4.79 Å². The number of benzene rings is 2. The summed E-state index contributed by atoms with van der Waals surface area (Å²) in [7, 11) is 4.01. The zero-order chi connectivity index (χ0) is 16.8. The van der Waals surface area contributed by atoms with Crippen molar-refractivity contribution in [1.29, 1.82) is 0 Å². The number of carbonyl (C=O) groups excluding carboxylic acids is 1. The maximum absolute atomic E-state index is 12.9. The van der Waals surface area contributed by atoms with E-state index < -0.39 is 0 Å². The van der Waals surface area contributed by atoms with Crippen LogP contribution < -0.4 is 15.5 Å². The molecule has 2 aromatic rings. The minimum Gasteiger partial charge on any atom is -0.378 e. The summed E-state index contributed by atoms with van der Waals surface area (Å²) in [5.74, 6) is 0.0600. The molecule has 0 spiro atoms. The lowest BCUT2D eigenvalue weighted by Gasteiger charge is -2.28. The molecule has 120 valence electrons. The highest BCUT2D eigenvalue weighted by atomic mass is 32.1. The first kappa shape index (κ1) is 14.9. The van der Waals surface area contributed by atoms with Crippen molar-refractivity contribution in [2.24, 2.45) is 0 Å². The Balaban J connectivity index is 1.81. The quantitative estimate of drug-likeness (QED) is 0.826. The minimum atomic E-state index is -0.232. The highest BCUT2D eigenvalue weighted by Crippen LogP contribution is 2.40. The van der Waals surface area contributed by atoms with E-state index in [4.69, 9.17) is 12.2 Å². The van der Waals surface area contributed by atoms with Crippen molar-refractivity contribution in [2.75, 3.05) is 19.0 Å². The second kappa shape index (κ2) is 5.46. The maximum atomic E-state index is 12.9. The molecular weight excluding hydrogens is 318 g/mol. The first-order chi connectivity index (χ1) is 11.6. The molecule has 0 radical (unpaired) electrons. The van der Waals surface area contributed by atoms with Crippen LogP contribution in [0.5, 0.6) is 0 Å². The highest BCUT2D eigenvalue weighted by Gasteiger charge is 2.38. The molecule has 2 N–H and O–H groups in total. The second-order valence-corrected chi connectivity index (χ2v) is 6.59. The molecule has 0 amide bonds. The van der Waals surface area contributed by atoms with Gasteiger partial charge in [0.2, 0.25) is 0 Å². The van der Waals surface area contributed by atoms with Crippen LogP contribution in [0.15, 0.2) is 54.1 Å². The number of thiocarbonyl (C=S) groups is 1. The number of nitrogens with one attached hydrogen (secondary N) is 2. The smallest absolute Gasteiger partial charge is 0.194 e. The van der Waals surface area contributed by atoms with Crippen molar-refractivity contribution >= 4 is 34.5 Å². The summed E-state index contributed by atoms with van der Waals surface area (Å²) < 4.78 is 0. The normalized spacial score (nSPS) is 18.7. The van der Waals surface area contributed by atoms with E-state index in [9.17, 15) is 4.79 Å². The van der Waals surface area contributed by atoms with Crippen LogP contribution in [0.4, 0.5) is 5.69 Å². The summed E-state index contributed by atoms with van der Waals surface area (Å²) in [4.78, 5) is 15.0. The molecule has 5 heteroatoms. The molecule has 1 atom stereocenters.